The van der Waals surface area contributed by atoms with Crippen LogP contribution < -0.4 is 10.5 Å². The molecular weight excluding hydrogens is 638 g/mol. The van der Waals surface area contributed by atoms with Gasteiger partial charge in [-0.3, -0.25) is 9.79 Å². The van der Waals surface area contributed by atoms with Crippen LogP contribution in [0.5, 0.6) is 11.5 Å². The number of aromatic amines is 1. The molecule has 1 unspecified atom stereocenters. The van der Waals surface area contributed by atoms with Gasteiger partial charge in [-0.05, 0) is 79.5 Å². The fraction of sp³-hybridized carbons (Fsp3) is 0.333. The lowest BCUT2D eigenvalue weighted by Gasteiger charge is -2.32. The maximum atomic E-state index is 15.7. The number of halogens is 2. The molecular formula is C39H42F2N6O3. The summed E-state index contributed by atoms with van der Waals surface area (Å²) in [6, 6.07) is 15.3. The molecule has 0 radical (unpaired) electrons. The lowest BCUT2D eigenvalue weighted by molar-refractivity contribution is -0.136. The third-order valence-electron chi connectivity index (χ3n) is 9.71. The van der Waals surface area contributed by atoms with Crippen molar-refractivity contribution in [1.82, 2.24) is 19.7 Å². The molecule has 0 aliphatic carbocycles. The van der Waals surface area contributed by atoms with Gasteiger partial charge in [0.25, 0.3) is 0 Å². The molecule has 260 valence electrons. The Balaban J connectivity index is 1.49. The molecule has 0 saturated carbocycles. The Bertz CT molecular complexity index is 2110. The van der Waals surface area contributed by atoms with Gasteiger partial charge < -0.3 is 20.6 Å². The number of aliphatic carboxylic acids is 1. The molecule has 1 atom stereocenters. The van der Waals surface area contributed by atoms with Gasteiger partial charge in [0.2, 0.25) is 0 Å². The molecule has 0 amide bonds. The van der Waals surface area contributed by atoms with Crippen molar-refractivity contribution in [3.8, 4) is 22.9 Å². The number of allylic oxidation sites excluding steroid dienone is 2. The second-order valence-electron chi connectivity index (χ2n) is 14.0. The van der Waals surface area contributed by atoms with Gasteiger partial charge in [-0.1, -0.05) is 38.1 Å². The Morgan fingerprint density at radius 1 is 1.06 bits per heavy atom. The first kappa shape index (κ1) is 34.5. The van der Waals surface area contributed by atoms with Crippen LogP contribution in [0.25, 0.3) is 22.3 Å². The fourth-order valence-corrected chi connectivity index (χ4v) is 6.49. The highest BCUT2D eigenvalue weighted by molar-refractivity contribution is 5.86. The van der Waals surface area contributed by atoms with Crippen molar-refractivity contribution in [3.63, 3.8) is 0 Å². The molecule has 0 saturated heterocycles. The van der Waals surface area contributed by atoms with E-state index >= 15 is 8.78 Å². The second kappa shape index (κ2) is 13.9. The molecule has 3 heterocycles. The first-order valence-electron chi connectivity index (χ1n) is 16.8. The molecule has 1 aliphatic heterocycles. The minimum absolute atomic E-state index is 0.00638. The van der Waals surface area contributed by atoms with Crippen LogP contribution in [0.1, 0.15) is 69.0 Å². The van der Waals surface area contributed by atoms with Crippen LogP contribution in [0.3, 0.4) is 0 Å². The molecule has 0 fully saturated rings. The Morgan fingerprint density at radius 3 is 2.68 bits per heavy atom. The van der Waals surface area contributed by atoms with Crippen LogP contribution in [0, 0.1) is 17.0 Å². The van der Waals surface area contributed by atoms with Crippen LogP contribution in [0.4, 0.5) is 8.78 Å². The molecule has 2 aromatic heterocycles. The minimum Gasteiger partial charge on any atom is -0.481 e. The van der Waals surface area contributed by atoms with Crippen molar-refractivity contribution >= 4 is 23.1 Å². The van der Waals surface area contributed by atoms with Gasteiger partial charge >= 0.3 is 5.97 Å². The third kappa shape index (κ3) is 7.31. The van der Waals surface area contributed by atoms with Crippen LogP contribution in [0.15, 0.2) is 77.6 Å². The van der Waals surface area contributed by atoms with Gasteiger partial charge in [0.15, 0.2) is 23.2 Å². The number of aromatic nitrogens is 4. The van der Waals surface area contributed by atoms with E-state index in [9.17, 15) is 9.90 Å². The number of ether oxygens (including phenoxy) is 1. The molecule has 1 aliphatic rings. The van der Waals surface area contributed by atoms with Crippen LogP contribution in [0.2, 0.25) is 0 Å². The predicted octanol–water partition coefficient (Wildman–Crippen LogP) is 8.02. The zero-order chi connectivity index (χ0) is 35.6. The number of fused-ring (bicyclic) bond motifs is 8. The van der Waals surface area contributed by atoms with Gasteiger partial charge in [0, 0.05) is 67.1 Å². The molecule has 5 aromatic rings. The number of rotatable bonds is 4. The van der Waals surface area contributed by atoms with Crippen molar-refractivity contribution < 1.29 is 23.4 Å². The van der Waals surface area contributed by atoms with Crippen LogP contribution in [-0.2, 0) is 30.1 Å². The van der Waals surface area contributed by atoms with E-state index in [2.05, 4.69) is 30.7 Å². The topological polar surface area (TPSA) is 131 Å². The zero-order valence-corrected chi connectivity index (χ0v) is 28.8. The summed E-state index contributed by atoms with van der Waals surface area (Å²) in [4.78, 5) is 24.0. The summed E-state index contributed by atoms with van der Waals surface area (Å²) in [5.41, 5.74) is 9.24. The summed E-state index contributed by atoms with van der Waals surface area (Å²) >= 11 is 0. The normalized spacial score (nSPS) is 19.3. The molecule has 11 heteroatoms. The summed E-state index contributed by atoms with van der Waals surface area (Å²) in [6.45, 7) is 7.06. The average molecular weight is 681 g/mol. The summed E-state index contributed by atoms with van der Waals surface area (Å²) in [6.07, 6.45) is 8.03. The summed E-state index contributed by atoms with van der Waals surface area (Å²) < 4.78 is 39.1. The third-order valence-corrected chi connectivity index (χ3v) is 9.71. The van der Waals surface area contributed by atoms with Crippen molar-refractivity contribution in [1.29, 1.82) is 0 Å². The highest BCUT2D eigenvalue weighted by Crippen LogP contribution is 2.42. The predicted molar refractivity (Wildman–Crippen MR) is 191 cm³/mol. The van der Waals surface area contributed by atoms with E-state index in [1.807, 2.05) is 30.3 Å². The smallest absolute Gasteiger partial charge is 0.303 e. The number of hydrogen-bond acceptors (Lipinski definition) is 6. The number of hydrogen-bond donors (Lipinski definition) is 3. The molecule has 9 nitrogen and oxygen atoms in total. The minimum atomic E-state index is -0.861. The number of nitrogens with one attached hydrogen (secondary N) is 1. The largest absolute Gasteiger partial charge is 0.481 e. The highest BCUT2D eigenvalue weighted by Gasteiger charge is 2.36. The summed E-state index contributed by atoms with van der Waals surface area (Å²) in [7, 11) is 1.71. The quantitative estimate of drug-likeness (QED) is 0.176. The molecule has 4 bridgehead atoms. The lowest BCUT2D eigenvalue weighted by Crippen LogP contribution is -2.28. The molecule has 50 heavy (non-hydrogen) atoms. The van der Waals surface area contributed by atoms with E-state index in [4.69, 9.17) is 20.6 Å². The zero-order valence-electron chi connectivity index (χ0n) is 28.8. The number of aryl methyl sites for hydroxylation is 2. The lowest BCUT2D eigenvalue weighted by atomic mass is 9.72. The Labute approximate surface area is 289 Å². The first-order valence-corrected chi connectivity index (χ1v) is 16.8. The monoisotopic (exact) mass is 680 g/mol. The number of carbonyl (C=O) groups is 1. The van der Waals surface area contributed by atoms with Gasteiger partial charge in [0.05, 0.1) is 11.0 Å². The van der Waals surface area contributed by atoms with Crippen molar-refractivity contribution in [2.75, 3.05) is 6.54 Å². The van der Waals surface area contributed by atoms with Gasteiger partial charge in [-0.15, -0.1) is 0 Å². The first-order chi connectivity index (χ1) is 23.8. The van der Waals surface area contributed by atoms with E-state index in [1.54, 1.807) is 30.2 Å². The second-order valence-corrected chi connectivity index (χ2v) is 14.0. The number of benzene rings is 3. The number of aliphatic imine (C=N–C) groups is 1. The van der Waals surface area contributed by atoms with E-state index in [0.29, 0.717) is 42.0 Å². The maximum absolute atomic E-state index is 15.7. The Kier molecular flexibility index (Phi) is 9.60. The highest BCUT2D eigenvalue weighted by atomic mass is 19.1. The van der Waals surface area contributed by atoms with Gasteiger partial charge in [0.1, 0.15) is 11.6 Å². The van der Waals surface area contributed by atoms with E-state index in [1.165, 1.54) is 24.3 Å². The number of carboxylic acid groups (broad SMARTS) is 1. The van der Waals surface area contributed by atoms with E-state index in [-0.39, 0.29) is 41.1 Å². The standard InChI is InChI=1S/C39H42F2N6O3/c1-38(2)14-15-39(3,25-7-5-6-24(20-25)8-11-34(48)49)37-45-36(47(4)46-37)30-22-27(9-10-31(30)40)50-35-29(21-26(42)12-17-43-19-16-38)28-13-18-44-33(28)23-32(35)41/h5-7,9-10,12-13,17-18,20,22-23,44H,8,11,14-16,19,21,42H2,1-4H3,(H,48,49)/b26-12-,43-17?. The summed E-state index contributed by atoms with van der Waals surface area (Å²) in [5, 5.41) is 14.9. The SMILES string of the molecule is Cn1nc2nc1-c1cc(ccc1F)Oc1c(F)cc3[nH]ccc3c1C/C(N)=C/C=NCCC(C)(C)CCC2(C)c1cccc(CCC(=O)O)c1. The van der Waals surface area contributed by atoms with Crippen molar-refractivity contribution in [3.05, 3.63) is 107 Å². The average Bonchev–Trinajstić information content (AvgIpc) is 3.71. The van der Waals surface area contributed by atoms with Crippen molar-refractivity contribution in [2.24, 2.45) is 23.2 Å². The summed E-state index contributed by atoms with van der Waals surface area (Å²) in [5.74, 6) is -0.982. The molecule has 6 rings (SSSR count). The van der Waals surface area contributed by atoms with E-state index in [0.717, 1.165) is 29.4 Å². The molecule has 4 N–H and O–H groups in total. The number of nitrogens with two attached hydrogens (primary N) is 1. The van der Waals surface area contributed by atoms with Gasteiger partial charge in [-0.25, -0.2) is 18.4 Å². The molecule has 3 aromatic carbocycles. The van der Waals surface area contributed by atoms with Crippen LogP contribution >= 0.6 is 0 Å². The number of carboxylic acids is 1. The number of nitrogens with zero attached hydrogens (tertiary/aromatic N) is 4. The Morgan fingerprint density at radius 2 is 1.88 bits per heavy atom. The maximum Gasteiger partial charge on any atom is 0.303 e. The Hall–Kier alpha value is -5.32. The van der Waals surface area contributed by atoms with E-state index < -0.39 is 23.0 Å². The fourth-order valence-electron chi connectivity index (χ4n) is 6.49. The number of H-pyrrole nitrogens is 1. The van der Waals surface area contributed by atoms with Gasteiger partial charge in [-0.2, -0.15) is 5.10 Å². The molecule has 0 spiro atoms. The van der Waals surface area contributed by atoms with Crippen molar-refractivity contribution in [2.45, 2.75) is 64.7 Å². The van der Waals surface area contributed by atoms with Crippen LogP contribution in [-0.4, -0.2) is 43.6 Å².